The average Bonchev–Trinajstić information content (AvgIpc) is 3.21. The number of aryl methyl sites for hydroxylation is 1. The van der Waals surface area contributed by atoms with Gasteiger partial charge in [-0.2, -0.15) is 0 Å². The van der Waals surface area contributed by atoms with Gasteiger partial charge in [0.2, 0.25) is 5.95 Å². The molecule has 1 aromatic heterocycles. The van der Waals surface area contributed by atoms with Gasteiger partial charge in [-0.25, -0.2) is 4.98 Å². The van der Waals surface area contributed by atoms with Crippen LogP contribution in [0.15, 0.2) is 84.1 Å². The lowest BCUT2D eigenvalue weighted by Crippen LogP contribution is -2.33. The van der Waals surface area contributed by atoms with Crippen LogP contribution in [-0.2, 0) is 4.79 Å². The number of allylic oxidation sites excluding steroid dienone is 2. The number of nitro benzene ring substituents is 1. The van der Waals surface area contributed by atoms with Crippen LogP contribution in [0.3, 0.4) is 0 Å². The van der Waals surface area contributed by atoms with Gasteiger partial charge in [-0.3, -0.25) is 19.5 Å². The number of ketones is 1. The minimum absolute atomic E-state index is 0.00145. The second-order valence-electron chi connectivity index (χ2n) is 8.97. The number of benzene rings is 3. The molecule has 2 aliphatic rings. The molecule has 6 rings (SSSR count). The fraction of sp³-hybridized carbons (Fsp3) is 0.185. The summed E-state index contributed by atoms with van der Waals surface area (Å²) in [6.07, 6.45) is 1.01. The van der Waals surface area contributed by atoms with E-state index in [1.807, 2.05) is 35.8 Å². The predicted molar refractivity (Wildman–Crippen MR) is 130 cm³/mol. The van der Waals surface area contributed by atoms with Crippen LogP contribution in [0.4, 0.5) is 11.6 Å². The van der Waals surface area contributed by atoms with E-state index in [4.69, 9.17) is 4.98 Å². The lowest BCUT2D eigenvalue weighted by molar-refractivity contribution is -0.385. The van der Waals surface area contributed by atoms with E-state index in [0.717, 1.165) is 22.3 Å². The molecule has 168 valence electrons. The summed E-state index contributed by atoms with van der Waals surface area (Å²) in [5.41, 5.74) is 5.78. The van der Waals surface area contributed by atoms with E-state index in [9.17, 15) is 14.9 Å². The number of nitrogens with one attached hydrogen (secondary N) is 1. The smallest absolute Gasteiger partial charge is 0.275 e. The Kier molecular flexibility index (Phi) is 4.58. The first-order valence-electron chi connectivity index (χ1n) is 11.3. The number of nitro groups is 1. The van der Waals surface area contributed by atoms with Crippen molar-refractivity contribution in [3.8, 4) is 0 Å². The summed E-state index contributed by atoms with van der Waals surface area (Å²) in [6.45, 7) is 2.04. The maximum atomic E-state index is 13.7. The van der Waals surface area contributed by atoms with Crippen molar-refractivity contribution >= 4 is 28.5 Å². The molecule has 0 fully saturated rings. The van der Waals surface area contributed by atoms with E-state index < -0.39 is 6.04 Å². The first kappa shape index (κ1) is 20.4. The first-order chi connectivity index (χ1) is 16.5. The Morgan fingerprint density at radius 3 is 2.53 bits per heavy atom. The maximum Gasteiger partial charge on any atom is 0.275 e. The number of nitrogens with zero attached hydrogens (tertiary/aromatic N) is 3. The standard InChI is InChI=1S/C27H22N4O3/c1-16-10-12-17(13-11-16)18-14-21-25(24(32)15-18)26(19-6-2-4-8-22(19)31(33)34)30-23-9-5-3-7-20(23)28-27(30)29-21/h2-13,18,26H,14-15H2,1H3,(H,28,29)/t18-,26+/m1/s1. The van der Waals surface area contributed by atoms with Crippen molar-refractivity contribution in [3.05, 3.63) is 111 Å². The second-order valence-corrected chi connectivity index (χ2v) is 8.97. The lowest BCUT2D eigenvalue weighted by atomic mass is 9.77. The summed E-state index contributed by atoms with van der Waals surface area (Å²) < 4.78 is 1.93. The fourth-order valence-corrected chi connectivity index (χ4v) is 5.28. The van der Waals surface area contributed by atoms with Crippen molar-refractivity contribution in [2.45, 2.75) is 31.7 Å². The number of carbonyl (C=O) groups excluding carboxylic acids is 1. The van der Waals surface area contributed by atoms with Crippen LogP contribution in [0.1, 0.15) is 41.5 Å². The van der Waals surface area contributed by atoms with E-state index in [-0.39, 0.29) is 22.3 Å². The third-order valence-corrected chi connectivity index (χ3v) is 6.87. The number of rotatable bonds is 3. The average molecular weight is 450 g/mol. The molecule has 0 bridgehead atoms. The summed E-state index contributed by atoms with van der Waals surface area (Å²) in [4.78, 5) is 30.0. The van der Waals surface area contributed by atoms with Gasteiger partial charge in [0.05, 0.1) is 27.6 Å². The zero-order chi connectivity index (χ0) is 23.4. The Balaban J connectivity index is 1.56. The molecule has 3 aromatic carbocycles. The number of anilines is 1. The molecule has 0 amide bonds. The number of hydrogen-bond donors (Lipinski definition) is 1. The normalized spacial score (nSPS) is 19.5. The molecule has 2 heterocycles. The predicted octanol–water partition coefficient (Wildman–Crippen LogP) is 5.67. The third-order valence-electron chi connectivity index (χ3n) is 6.87. The monoisotopic (exact) mass is 450 g/mol. The van der Waals surface area contributed by atoms with Gasteiger partial charge in [0, 0.05) is 23.8 Å². The Hall–Kier alpha value is -4.26. The summed E-state index contributed by atoms with van der Waals surface area (Å²) in [6, 6.07) is 22.0. The van der Waals surface area contributed by atoms with Crippen LogP contribution >= 0.6 is 0 Å². The van der Waals surface area contributed by atoms with E-state index in [1.54, 1.807) is 18.2 Å². The highest BCUT2D eigenvalue weighted by atomic mass is 16.6. The molecule has 0 radical (unpaired) electrons. The molecule has 0 spiro atoms. The summed E-state index contributed by atoms with van der Waals surface area (Å²) in [5.74, 6) is 0.646. The highest BCUT2D eigenvalue weighted by molar-refractivity contribution is 6.01. The molecule has 4 aromatic rings. The number of Topliss-reactive ketones (excluding diaryl/α,β-unsaturated/α-hetero) is 1. The van der Waals surface area contributed by atoms with Crippen molar-refractivity contribution in [1.29, 1.82) is 0 Å². The fourth-order valence-electron chi connectivity index (χ4n) is 5.28. The van der Waals surface area contributed by atoms with Crippen molar-refractivity contribution in [3.63, 3.8) is 0 Å². The summed E-state index contributed by atoms with van der Waals surface area (Å²) >= 11 is 0. The van der Waals surface area contributed by atoms with Crippen molar-refractivity contribution in [1.82, 2.24) is 9.55 Å². The highest BCUT2D eigenvalue weighted by Crippen LogP contribution is 2.47. The van der Waals surface area contributed by atoms with E-state index in [2.05, 4.69) is 29.6 Å². The Morgan fingerprint density at radius 1 is 1.00 bits per heavy atom. The van der Waals surface area contributed by atoms with E-state index in [1.165, 1.54) is 11.6 Å². The zero-order valence-corrected chi connectivity index (χ0v) is 18.6. The molecule has 7 heteroatoms. The van der Waals surface area contributed by atoms with Gasteiger partial charge in [-0.15, -0.1) is 0 Å². The summed E-state index contributed by atoms with van der Waals surface area (Å²) in [7, 11) is 0. The largest absolute Gasteiger partial charge is 0.329 e. The maximum absolute atomic E-state index is 13.7. The number of carbonyl (C=O) groups is 1. The molecular weight excluding hydrogens is 428 g/mol. The Morgan fingerprint density at radius 2 is 1.74 bits per heavy atom. The third kappa shape index (κ3) is 3.12. The van der Waals surface area contributed by atoms with Crippen LogP contribution in [0.25, 0.3) is 11.0 Å². The second kappa shape index (κ2) is 7.66. The minimum Gasteiger partial charge on any atom is -0.329 e. The Labute approximate surface area is 195 Å². The van der Waals surface area contributed by atoms with Crippen LogP contribution in [0, 0.1) is 17.0 Å². The molecule has 1 N–H and O–H groups in total. The van der Waals surface area contributed by atoms with Crippen molar-refractivity contribution in [2.24, 2.45) is 0 Å². The SMILES string of the molecule is Cc1ccc([C@H]2CC(=O)C3=C(C2)Nc2nc4ccccc4n2[C@H]3c2ccccc2[N+](=O)[O-])cc1. The van der Waals surface area contributed by atoms with Gasteiger partial charge < -0.3 is 5.32 Å². The van der Waals surface area contributed by atoms with Gasteiger partial charge in [0.1, 0.15) is 0 Å². The van der Waals surface area contributed by atoms with Gasteiger partial charge in [0.25, 0.3) is 5.69 Å². The van der Waals surface area contributed by atoms with Crippen LogP contribution < -0.4 is 5.32 Å². The molecule has 0 unspecified atom stereocenters. The van der Waals surface area contributed by atoms with Crippen molar-refractivity contribution < 1.29 is 9.72 Å². The van der Waals surface area contributed by atoms with Crippen LogP contribution in [0.5, 0.6) is 0 Å². The molecule has 0 saturated heterocycles. The number of fused-ring (bicyclic) bond motifs is 3. The minimum atomic E-state index is -0.619. The van der Waals surface area contributed by atoms with Crippen molar-refractivity contribution in [2.75, 3.05) is 5.32 Å². The van der Waals surface area contributed by atoms with Gasteiger partial charge in [0.15, 0.2) is 5.78 Å². The van der Waals surface area contributed by atoms with Crippen LogP contribution in [-0.4, -0.2) is 20.3 Å². The highest BCUT2D eigenvalue weighted by Gasteiger charge is 2.41. The molecule has 7 nitrogen and oxygen atoms in total. The molecule has 1 aliphatic carbocycles. The number of para-hydroxylation sites is 3. The van der Waals surface area contributed by atoms with Gasteiger partial charge in [-0.1, -0.05) is 54.1 Å². The zero-order valence-electron chi connectivity index (χ0n) is 18.6. The number of imidazole rings is 1. The topological polar surface area (TPSA) is 90.1 Å². The van der Waals surface area contributed by atoms with Gasteiger partial charge in [-0.05, 0) is 43.0 Å². The first-order valence-corrected chi connectivity index (χ1v) is 11.3. The molecule has 0 saturated carbocycles. The molecule has 2 atom stereocenters. The summed E-state index contributed by atoms with van der Waals surface area (Å²) in [5, 5.41) is 15.4. The number of hydrogen-bond acceptors (Lipinski definition) is 5. The van der Waals surface area contributed by atoms with E-state index in [0.29, 0.717) is 29.9 Å². The van der Waals surface area contributed by atoms with Crippen LogP contribution in [0.2, 0.25) is 0 Å². The number of aromatic nitrogens is 2. The quantitative estimate of drug-likeness (QED) is 0.321. The lowest BCUT2D eigenvalue weighted by Gasteiger charge is -2.36. The van der Waals surface area contributed by atoms with E-state index >= 15 is 0 Å². The van der Waals surface area contributed by atoms with Gasteiger partial charge >= 0.3 is 0 Å². The molecule has 34 heavy (non-hydrogen) atoms. The molecule has 1 aliphatic heterocycles. The Bertz CT molecular complexity index is 1500. The molecular formula is C27H22N4O3.